The molecule has 3 aromatic rings. The van der Waals surface area contributed by atoms with E-state index >= 15 is 0 Å². The Balaban J connectivity index is 1.75. The van der Waals surface area contributed by atoms with Gasteiger partial charge in [-0.2, -0.15) is 0 Å². The minimum Gasteiger partial charge on any atom is -0.437 e. The molecule has 2 aromatic carbocycles. The van der Waals surface area contributed by atoms with E-state index in [9.17, 15) is 4.79 Å². The van der Waals surface area contributed by atoms with Crippen LogP contribution >= 0.6 is 11.6 Å². The number of hydrogen-bond donors (Lipinski definition) is 1. The molecular weight excluding hydrogens is 342 g/mol. The summed E-state index contributed by atoms with van der Waals surface area (Å²) in [6.07, 6.45) is 1.54. The average Bonchev–Trinajstić information content (AvgIpc) is 2.62. The highest BCUT2D eigenvalue weighted by molar-refractivity contribution is 6.31. The third-order valence-corrected chi connectivity index (χ3v) is 3.92. The van der Waals surface area contributed by atoms with Gasteiger partial charge in [-0.3, -0.25) is 9.63 Å². The fourth-order valence-electron chi connectivity index (χ4n) is 2.30. The first-order valence-electron chi connectivity index (χ1n) is 7.60. The van der Waals surface area contributed by atoms with Crippen LogP contribution in [0.15, 0.2) is 48.7 Å². The highest BCUT2D eigenvalue weighted by atomic mass is 35.5. The molecule has 0 aliphatic carbocycles. The van der Waals surface area contributed by atoms with Crippen LogP contribution in [0.2, 0.25) is 5.02 Å². The van der Waals surface area contributed by atoms with E-state index in [0.717, 1.165) is 5.56 Å². The van der Waals surface area contributed by atoms with Gasteiger partial charge in [-0.25, -0.2) is 15.4 Å². The average molecular weight is 358 g/mol. The first kappa shape index (κ1) is 17.1. The number of hydrogen-bond acceptors (Lipinski definition) is 5. The summed E-state index contributed by atoms with van der Waals surface area (Å²) in [4.78, 5) is 25.1. The third kappa shape index (κ3) is 4.04. The van der Waals surface area contributed by atoms with Crippen LogP contribution in [-0.2, 0) is 9.63 Å². The highest BCUT2D eigenvalue weighted by Gasteiger charge is 2.15. The van der Waals surface area contributed by atoms with Crippen LogP contribution < -0.4 is 10.2 Å². The lowest BCUT2D eigenvalue weighted by molar-refractivity contribution is -0.132. The largest absolute Gasteiger partial charge is 0.437 e. The standard InChI is InChI=1S/C18H16ClN3O3/c1-11(18(23)22-24-2)12-3-6-14(7-4-12)25-17-10-20-16-9-13(19)5-8-15(16)21-17/h3-11H,1-2H3,(H,22,23). The number of aromatic nitrogens is 2. The van der Waals surface area contributed by atoms with Gasteiger partial charge in [0.2, 0.25) is 5.88 Å². The Morgan fingerprint density at radius 3 is 2.64 bits per heavy atom. The number of hydroxylamine groups is 1. The molecule has 0 spiro atoms. The minimum absolute atomic E-state index is 0.213. The molecule has 6 nitrogen and oxygen atoms in total. The summed E-state index contributed by atoms with van der Waals surface area (Å²) in [6, 6.07) is 12.5. The lowest BCUT2D eigenvalue weighted by atomic mass is 10.0. The number of benzene rings is 2. The topological polar surface area (TPSA) is 73.3 Å². The maximum absolute atomic E-state index is 11.8. The highest BCUT2D eigenvalue weighted by Crippen LogP contribution is 2.24. The molecule has 1 unspecified atom stereocenters. The molecule has 0 saturated heterocycles. The molecule has 128 valence electrons. The maximum atomic E-state index is 11.8. The van der Waals surface area contributed by atoms with Crippen LogP contribution in [0.25, 0.3) is 11.0 Å². The monoisotopic (exact) mass is 357 g/mol. The van der Waals surface area contributed by atoms with Gasteiger partial charge >= 0.3 is 0 Å². The van der Waals surface area contributed by atoms with Crippen molar-refractivity contribution in [1.29, 1.82) is 0 Å². The zero-order valence-corrected chi connectivity index (χ0v) is 14.4. The van der Waals surface area contributed by atoms with E-state index in [0.29, 0.717) is 27.7 Å². The smallest absolute Gasteiger partial charge is 0.250 e. The van der Waals surface area contributed by atoms with Crippen LogP contribution in [0, 0.1) is 0 Å². The number of carbonyl (C=O) groups excluding carboxylic acids is 1. The van der Waals surface area contributed by atoms with Gasteiger partial charge in [0.25, 0.3) is 5.91 Å². The predicted octanol–water partition coefficient (Wildman–Crippen LogP) is 3.86. The van der Waals surface area contributed by atoms with Crippen LogP contribution in [0.3, 0.4) is 0 Å². The Morgan fingerprint density at radius 1 is 1.16 bits per heavy atom. The minimum atomic E-state index is -0.334. The number of amides is 1. The Bertz CT molecular complexity index is 900. The summed E-state index contributed by atoms with van der Waals surface area (Å²) in [5, 5.41) is 0.609. The molecule has 0 saturated carbocycles. The van der Waals surface area contributed by atoms with Gasteiger partial charge in [-0.1, -0.05) is 23.7 Å². The second kappa shape index (κ2) is 7.46. The van der Waals surface area contributed by atoms with Gasteiger partial charge < -0.3 is 4.74 Å². The molecule has 7 heteroatoms. The van der Waals surface area contributed by atoms with Gasteiger partial charge in [-0.15, -0.1) is 0 Å². The quantitative estimate of drug-likeness (QED) is 0.702. The summed E-state index contributed by atoms with van der Waals surface area (Å²) in [7, 11) is 1.40. The predicted molar refractivity (Wildman–Crippen MR) is 94.6 cm³/mol. The molecule has 1 N–H and O–H groups in total. The number of carbonyl (C=O) groups is 1. The van der Waals surface area contributed by atoms with Gasteiger partial charge in [0.1, 0.15) is 5.75 Å². The number of nitrogens with one attached hydrogen (secondary N) is 1. The Hall–Kier alpha value is -2.70. The summed E-state index contributed by atoms with van der Waals surface area (Å²) in [5.41, 5.74) is 4.57. The summed E-state index contributed by atoms with van der Waals surface area (Å²) >= 11 is 5.94. The molecule has 1 amide bonds. The van der Waals surface area contributed by atoms with Gasteiger partial charge in [0.05, 0.1) is 30.3 Å². The number of halogens is 1. The lowest BCUT2D eigenvalue weighted by Crippen LogP contribution is -2.26. The SMILES string of the molecule is CONC(=O)C(C)c1ccc(Oc2cnc3cc(Cl)ccc3n2)cc1. The Morgan fingerprint density at radius 2 is 1.92 bits per heavy atom. The molecule has 1 atom stereocenters. The number of nitrogens with zero attached hydrogens (tertiary/aromatic N) is 2. The van der Waals surface area contributed by atoms with Crippen molar-refractivity contribution in [2.45, 2.75) is 12.8 Å². The lowest BCUT2D eigenvalue weighted by Gasteiger charge is -2.12. The van der Waals surface area contributed by atoms with Crippen molar-refractivity contribution in [2.75, 3.05) is 7.11 Å². The second-order valence-corrected chi connectivity index (χ2v) is 5.84. The van der Waals surface area contributed by atoms with Gasteiger partial charge in [0.15, 0.2) is 0 Å². The van der Waals surface area contributed by atoms with Crippen molar-refractivity contribution in [2.24, 2.45) is 0 Å². The van der Waals surface area contributed by atoms with Crippen molar-refractivity contribution in [3.8, 4) is 11.6 Å². The molecular formula is C18H16ClN3O3. The van der Waals surface area contributed by atoms with Crippen LogP contribution in [-0.4, -0.2) is 23.0 Å². The van der Waals surface area contributed by atoms with Crippen molar-refractivity contribution in [3.05, 3.63) is 59.2 Å². The fourth-order valence-corrected chi connectivity index (χ4v) is 2.47. The maximum Gasteiger partial charge on any atom is 0.250 e. The molecule has 25 heavy (non-hydrogen) atoms. The molecule has 0 bridgehead atoms. The normalized spacial score (nSPS) is 12.0. The first-order chi connectivity index (χ1) is 12.1. The summed E-state index contributed by atoms with van der Waals surface area (Å²) < 4.78 is 5.73. The molecule has 1 heterocycles. The van der Waals surface area contributed by atoms with Crippen molar-refractivity contribution < 1.29 is 14.4 Å². The van der Waals surface area contributed by atoms with Crippen molar-refractivity contribution >= 4 is 28.5 Å². The zero-order chi connectivity index (χ0) is 17.8. The van der Waals surface area contributed by atoms with E-state index in [4.69, 9.17) is 16.3 Å². The van der Waals surface area contributed by atoms with Crippen LogP contribution in [0.4, 0.5) is 0 Å². The second-order valence-electron chi connectivity index (χ2n) is 5.40. The summed E-state index contributed by atoms with van der Waals surface area (Å²) in [6.45, 7) is 1.80. The number of ether oxygens (including phenoxy) is 1. The molecule has 0 aliphatic rings. The van der Waals surface area contributed by atoms with Crippen LogP contribution in [0.1, 0.15) is 18.4 Å². The van der Waals surface area contributed by atoms with Crippen molar-refractivity contribution in [1.82, 2.24) is 15.4 Å². The van der Waals surface area contributed by atoms with E-state index in [2.05, 4.69) is 20.3 Å². The van der Waals surface area contributed by atoms with Gasteiger partial charge in [0, 0.05) is 5.02 Å². The Kier molecular flexibility index (Phi) is 5.11. The van der Waals surface area contributed by atoms with E-state index in [1.165, 1.54) is 7.11 Å². The van der Waals surface area contributed by atoms with E-state index in [-0.39, 0.29) is 11.8 Å². The van der Waals surface area contributed by atoms with E-state index < -0.39 is 0 Å². The summed E-state index contributed by atoms with van der Waals surface area (Å²) in [5.74, 6) is 0.438. The molecule has 0 radical (unpaired) electrons. The molecule has 3 rings (SSSR count). The molecule has 1 aromatic heterocycles. The van der Waals surface area contributed by atoms with E-state index in [1.807, 2.05) is 12.1 Å². The number of fused-ring (bicyclic) bond motifs is 1. The van der Waals surface area contributed by atoms with Crippen LogP contribution in [0.5, 0.6) is 11.6 Å². The van der Waals surface area contributed by atoms with Crippen molar-refractivity contribution in [3.63, 3.8) is 0 Å². The molecule has 0 fully saturated rings. The zero-order valence-electron chi connectivity index (χ0n) is 13.7. The molecule has 0 aliphatic heterocycles. The number of rotatable bonds is 5. The van der Waals surface area contributed by atoms with Gasteiger partial charge in [-0.05, 0) is 42.8 Å². The first-order valence-corrected chi connectivity index (χ1v) is 7.97. The van der Waals surface area contributed by atoms with E-state index in [1.54, 1.807) is 43.5 Å². The Labute approximate surface area is 149 Å². The fraction of sp³-hybridized carbons (Fsp3) is 0.167. The third-order valence-electron chi connectivity index (χ3n) is 3.68.